The van der Waals surface area contributed by atoms with E-state index in [1.54, 1.807) is 7.11 Å². The van der Waals surface area contributed by atoms with Crippen LogP contribution in [0.4, 0.5) is 16.2 Å². The summed E-state index contributed by atoms with van der Waals surface area (Å²) in [6.07, 6.45) is 0. The van der Waals surface area contributed by atoms with Gasteiger partial charge in [0.1, 0.15) is 18.1 Å². The van der Waals surface area contributed by atoms with Crippen molar-refractivity contribution < 1.29 is 14.3 Å². The summed E-state index contributed by atoms with van der Waals surface area (Å²) >= 11 is 0. The van der Waals surface area contributed by atoms with E-state index in [0.717, 1.165) is 22.9 Å². The molecule has 0 heterocycles. The van der Waals surface area contributed by atoms with Crippen molar-refractivity contribution in [3.8, 4) is 11.5 Å². The number of hydrogen-bond acceptors (Lipinski definition) is 4. The van der Waals surface area contributed by atoms with Crippen LogP contribution in [0.5, 0.6) is 11.5 Å². The molecule has 2 rings (SSSR count). The van der Waals surface area contributed by atoms with Gasteiger partial charge < -0.3 is 25.4 Å². The van der Waals surface area contributed by atoms with Gasteiger partial charge in [0.25, 0.3) is 0 Å². The molecular formula is C19H25N3O3. The van der Waals surface area contributed by atoms with E-state index < -0.39 is 0 Å². The van der Waals surface area contributed by atoms with Crippen molar-refractivity contribution in [1.82, 2.24) is 5.32 Å². The SMILES string of the molecule is COc1ccc(OCCNc2ccc(NC(=O)NC(C)C)cc2)cc1. The highest BCUT2D eigenvalue weighted by Gasteiger charge is 2.03. The Labute approximate surface area is 148 Å². The monoisotopic (exact) mass is 343 g/mol. The zero-order chi connectivity index (χ0) is 18.1. The molecule has 2 aromatic rings. The fourth-order valence-corrected chi connectivity index (χ4v) is 2.14. The molecule has 3 N–H and O–H groups in total. The van der Waals surface area contributed by atoms with E-state index in [2.05, 4.69) is 16.0 Å². The maximum Gasteiger partial charge on any atom is 0.319 e. The van der Waals surface area contributed by atoms with Gasteiger partial charge in [-0.05, 0) is 62.4 Å². The van der Waals surface area contributed by atoms with Crippen LogP contribution in [0.3, 0.4) is 0 Å². The quantitative estimate of drug-likeness (QED) is 0.639. The lowest BCUT2D eigenvalue weighted by molar-refractivity contribution is 0.250. The van der Waals surface area contributed by atoms with Gasteiger partial charge in [-0.15, -0.1) is 0 Å². The van der Waals surface area contributed by atoms with Gasteiger partial charge in [0.15, 0.2) is 0 Å². The van der Waals surface area contributed by atoms with Crippen LogP contribution in [0.25, 0.3) is 0 Å². The largest absolute Gasteiger partial charge is 0.497 e. The summed E-state index contributed by atoms with van der Waals surface area (Å²) in [5.41, 5.74) is 1.71. The van der Waals surface area contributed by atoms with Gasteiger partial charge in [-0.3, -0.25) is 0 Å². The number of benzene rings is 2. The standard InChI is InChI=1S/C19H25N3O3/c1-14(2)21-19(23)22-16-6-4-15(5-7-16)20-12-13-25-18-10-8-17(24-3)9-11-18/h4-11,14,20H,12-13H2,1-3H3,(H2,21,22,23). The fraction of sp³-hybridized carbons (Fsp3) is 0.316. The summed E-state index contributed by atoms with van der Waals surface area (Å²) in [4.78, 5) is 11.6. The average Bonchev–Trinajstić information content (AvgIpc) is 2.60. The second-order valence-electron chi connectivity index (χ2n) is 5.78. The highest BCUT2D eigenvalue weighted by atomic mass is 16.5. The van der Waals surface area contributed by atoms with Crippen LogP contribution in [0, 0.1) is 0 Å². The second-order valence-corrected chi connectivity index (χ2v) is 5.78. The summed E-state index contributed by atoms with van der Waals surface area (Å²) in [6, 6.07) is 14.9. The number of urea groups is 1. The number of nitrogens with one attached hydrogen (secondary N) is 3. The first-order valence-electron chi connectivity index (χ1n) is 8.25. The van der Waals surface area contributed by atoms with E-state index in [-0.39, 0.29) is 12.1 Å². The lowest BCUT2D eigenvalue weighted by Gasteiger charge is -2.11. The molecule has 0 saturated heterocycles. The highest BCUT2D eigenvalue weighted by molar-refractivity contribution is 5.89. The predicted octanol–water partition coefficient (Wildman–Crippen LogP) is 3.72. The van der Waals surface area contributed by atoms with Crippen LogP contribution in [0.15, 0.2) is 48.5 Å². The van der Waals surface area contributed by atoms with E-state index in [4.69, 9.17) is 9.47 Å². The molecule has 0 radical (unpaired) electrons. The molecule has 0 spiro atoms. The molecule has 2 aromatic carbocycles. The van der Waals surface area contributed by atoms with E-state index in [9.17, 15) is 4.79 Å². The lowest BCUT2D eigenvalue weighted by Crippen LogP contribution is -2.34. The molecule has 2 amide bonds. The maximum atomic E-state index is 11.6. The van der Waals surface area contributed by atoms with E-state index in [1.807, 2.05) is 62.4 Å². The first-order valence-corrected chi connectivity index (χ1v) is 8.25. The minimum absolute atomic E-state index is 0.103. The molecule has 0 saturated carbocycles. The molecule has 6 nitrogen and oxygen atoms in total. The van der Waals surface area contributed by atoms with Crippen LogP contribution >= 0.6 is 0 Å². The minimum atomic E-state index is -0.205. The van der Waals surface area contributed by atoms with Crippen molar-refractivity contribution in [2.75, 3.05) is 30.9 Å². The lowest BCUT2D eigenvalue weighted by atomic mass is 10.3. The number of anilines is 2. The third-order valence-electron chi connectivity index (χ3n) is 3.32. The summed E-state index contributed by atoms with van der Waals surface area (Å²) in [6.45, 7) is 5.05. The van der Waals surface area contributed by atoms with Crippen molar-refractivity contribution >= 4 is 17.4 Å². The topological polar surface area (TPSA) is 71.6 Å². The molecule has 0 aromatic heterocycles. The maximum absolute atomic E-state index is 11.6. The zero-order valence-corrected chi connectivity index (χ0v) is 14.8. The molecule has 0 aliphatic heterocycles. The summed E-state index contributed by atoms with van der Waals surface area (Å²) in [5, 5.41) is 8.84. The summed E-state index contributed by atoms with van der Waals surface area (Å²) in [7, 11) is 1.64. The molecule has 134 valence electrons. The van der Waals surface area contributed by atoms with E-state index in [1.165, 1.54) is 0 Å². The smallest absolute Gasteiger partial charge is 0.319 e. The van der Waals surface area contributed by atoms with Crippen molar-refractivity contribution in [2.45, 2.75) is 19.9 Å². The molecule has 0 atom stereocenters. The molecule has 0 aliphatic carbocycles. The first-order chi connectivity index (χ1) is 12.1. The van der Waals surface area contributed by atoms with Crippen LogP contribution in [-0.4, -0.2) is 32.3 Å². The number of hydrogen-bond donors (Lipinski definition) is 3. The van der Waals surface area contributed by atoms with Crippen LogP contribution < -0.4 is 25.4 Å². The number of carbonyl (C=O) groups excluding carboxylic acids is 1. The molecule has 0 aliphatic rings. The summed E-state index contributed by atoms with van der Waals surface area (Å²) < 4.78 is 10.8. The molecule has 25 heavy (non-hydrogen) atoms. The van der Waals surface area contributed by atoms with Crippen molar-refractivity contribution in [2.24, 2.45) is 0 Å². The Morgan fingerprint density at radius 3 is 2.16 bits per heavy atom. The minimum Gasteiger partial charge on any atom is -0.497 e. The normalized spacial score (nSPS) is 10.2. The van der Waals surface area contributed by atoms with Gasteiger partial charge in [0.2, 0.25) is 0 Å². The Morgan fingerprint density at radius 1 is 0.960 bits per heavy atom. The third-order valence-corrected chi connectivity index (χ3v) is 3.32. The van der Waals surface area contributed by atoms with Gasteiger partial charge in [0.05, 0.1) is 7.11 Å². The van der Waals surface area contributed by atoms with Crippen LogP contribution in [0.2, 0.25) is 0 Å². The Balaban J connectivity index is 1.71. The number of amides is 2. The molecule has 0 unspecified atom stereocenters. The Hall–Kier alpha value is -2.89. The van der Waals surface area contributed by atoms with E-state index >= 15 is 0 Å². The van der Waals surface area contributed by atoms with Crippen molar-refractivity contribution in [3.63, 3.8) is 0 Å². The second kappa shape index (κ2) is 9.42. The molecular weight excluding hydrogens is 318 g/mol. The van der Waals surface area contributed by atoms with Crippen molar-refractivity contribution in [3.05, 3.63) is 48.5 Å². The summed E-state index contributed by atoms with van der Waals surface area (Å²) in [5.74, 6) is 1.61. The third kappa shape index (κ3) is 6.63. The Bertz CT molecular complexity index is 655. The highest BCUT2D eigenvalue weighted by Crippen LogP contribution is 2.17. The Morgan fingerprint density at radius 2 is 1.56 bits per heavy atom. The predicted molar refractivity (Wildman–Crippen MR) is 101 cm³/mol. The van der Waals surface area contributed by atoms with Gasteiger partial charge in [-0.2, -0.15) is 0 Å². The van der Waals surface area contributed by atoms with Gasteiger partial charge in [-0.1, -0.05) is 0 Å². The van der Waals surface area contributed by atoms with Crippen LogP contribution in [0.1, 0.15) is 13.8 Å². The fourth-order valence-electron chi connectivity index (χ4n) is 2.14. The van der Waals surface area contributed by atoms with Gasteiger partial charge in [0, 0.05) is 24.0 Å². The Kier molecular flexibility index (Phi) is 6.95. The number of carbonyl (C=O) groups is 1. The molecule has 0 bridgehead atoms. The number of ether oxygens (including phenoxy) is 2. The van der Waals surface area contributed by atoms with E-state index in [0.29, 0.717) is 13.2 Å². The van der Waals surface area contributed by atoms with Crippen LogP contribution in [-0.2, 0) is 0 Å². The average molecular weight is 343 g/mol. The zero-order valence-electron chi connectivity index (χ0n) is 14.8. The molecule has 6 heteroatoms. The van der Waals surface area contributed by atoms with Gasteiger partial charge in [-0.25, -0.2) is 4.79 Å². The number of rotatable bonds is 8. The first kappa shape index (κ1) is 18.4. The molecule has 0 fully saturated rings. The van der Waals surface area contributed by atoms with Gasteiger partial charge >= 0.3 is 6.03 Å². The van der Waals surface area contributed by atoms with Crippen molar-refractivity contribution in [1.29, 1.82) is 0 Å². The number of methoxy groups -OCH3 is 1.